The van der Waals surface area contributed by atoms with Crippen LogP contribution in [0.4, 0.5) is 0 Å². The number of hydrogen-bond donors (Lipinski definition) is 1. The minimum absolute atomic E-state index is 0.140. The molecule has 126 valence electrons. The molecule has 0 aromatic heterocycles. The Bertz CT molecular complexity index is 373. The first-order valence-corrected chi connectivity index (χ1v) is 10.0. The first-order valence-electron chi connectivity index (χ1n) is 8.40. The summed E-state index contributed by atoms with van der Waals surface area (Å²) >= 11 is 0. The summed E-state index contributed by atoms with van der Waals surface area (Å²) in [6.07, 6.45) is 4.63. The highest BCUT2D eigenvalue weighted by atomic mass is 32.2. The molecule has 0 aromatic carbocycles. The largest absolute Gasteiger partial charge is 0.317 e. The predicted molar refractivity (Wildman–Crippen MR) is 89.1 cm³/mol. The highest BCUT2D eigenvalue weighted by Gasteiger charge is 2.30. The zero-order chi connectivity index (χ0) is 15.7. The number of hydrogen-bond acceptors (Lipinski definition) is 4. The van der Waals surface area contributed by atoms with Crippen molar-refractivity contribution in [2.24, 2.45) is 0 Å². The van der Waals surface area contributed by atoms with Crippen LogP contribution in [0.2, 0.25) is 0 Å². The summed E-state index contributed by atoms with van der Waals surface area (Å²) in [6, 6.07) is 0.140. The Balaban J connectivity index is 2.47. The predicted octanol–water partition coefficient (Wildman–Crippen LogP) is 1.51. The number of nitrogens with one attached hydrogen (secondary N) is 1. The average Bonchev–Trinajstić information content (AvgIpc) is 2.64. The molecule has 0 amide bonds. The van der Waals surface area contributed by atoms with Gasteiger partial charge in [0.25, 0.3) is 0 Å². The van der Waals surface area contributed by atoms with Crippen LogP contribution in [0.15, 0.2) is 0 Å². The van der Waals surface area contributed by atoms with E-state index in [1.54, 1.807) is 4.31 Å². The van der Waals surface area contributed by atoms with Crippen LogP contribution in [0.25, 0.3) is 0 Å². The minimum Gasteiger partial charge on any atom is -0.317 e. The van der Waals surface area contributed by atoms with E-state index in [9.17, 15) is 8.42 Å². The van der Waals surface area contributed by atoms with Gasteiger partial charge in [0.2, 0.25) is 10.0 Å². The summed E-state index contributed by atoms with van der Waals surface area (Å²) < 4.78 is 27.0. The minimum atomic E-state index is -3.11. The van der Waals surface area contributed by atoms with Crippen molar-refractivity contribution < 1.29 is 8.42 Å². The number of unbranched alkanes of at least 4 members (excludes halogenated alkanes) is 1. The van der Waals surface area contributed by atoms with Crippen LogP contribution in [-0.2, 0) is 10.0 Å². The lowest BCUT2D eigenvalue weighted by molar-refractivity contribution is 0.270. The molecule has 0 spiro atoms. The van der Waals surface area contributed by atoms with Crippen LogP contribution >= 0.6 is 0 Å². The Labute approximate surface area is 131 Å². The number of likely N-dealkylation sites (N-methyl/N-ethyl adjacent to an activating group) is 1. The third-order valence-electron chi connectivity index (χ3n) is 4.11. The van der Waals surface area contributed by atoms with E-state index in [4.69, 9.17) is 0 Å². The first kappa shape index (κ1) is 18.9. The topological polar surface area (TPSA) is 52.7 Å². The Morgan fingerprint density at radius 2 is 1.90 bits per heavy atom. The fourth-order valence-corrected chi connectivity index (χ4v) is 4.75. The van der Waals surface area contributed by atoms with Crippen molar-refractivity contribution in [1.82, 2.24) is 14.5 Å². The Kier molecular flexibility index (Phi) is 8.78. The first-order chi connectivity index (χ1) is 10.0. The zero-order valence-electron chi connectivity index (χ0n) is 14.0. The van der Waals surface area contributed by atoms with Crippen LogP contribution in [0.1, 0.15) is 46.0 Å². The average molecular weight is 320 g/mol. The van der Waals surface area contributed by atoms with E-state index >= 15 is 0 Å². The Hall–Kier alpha value is -0.170. The van der Waals surface area contributed by atoms with E-state index in [0.717, 1.165) is 58.3 Å². The molecule has 0 aliphatic carbocycles. The van der Waals surface area contributed by atoms with Gasteiger partial charge in [-0.2, -0.15) is 4.31 Å². The third kappa shape index (κ3) is 6.63. The van der Waals surface area contributed by atoms with Crippen molar-refractivity contribution >= 4 is 10.0 Å². The smallest absolute Gasteiger partial charge is 0.214 e. The quantitative estimate of drug-likeness (QED) is 0.655. The molecular formula is C15H33N3O2S. The highest BCUT2D eigenvalue weighted by Crippen LogP contribution is 2.17. The Morgan fingerprint density at radius 3 is 2.57 bits per heavy atom. The molecule has 1 unspecified atom stereocenters. The molecule has 0 bridgehead atoms. The van der Waals surface area contributed by atoms with E-state index in [1.807, 2.05) is 0 Å². The van der Waals surface area contributed by atoms with E-state index < -0.39 is 10.0 Å². The van der Waals surface area contributed by atoms with Gasteiger partial charge in [0.1, 0.15) is 0 Å². The van der Waals surface area contributed by atoms with Gasteiger partial charge in [-0.15, -0.1) is 0 Å². The number of sulfonamides is 1. The second-order valence-electron chi connectivity index (χ2n) is 6.06. The molecule has 0 aromatic rings. The van der Waals surface area contributed by atoms with Crippen LogP contribution in [0.3, 0.4) is 0 Å². The lowest BCUT2D eigenvalue weighted by Crippen LogP contribution is -2.44. The van der Waals surface area contributed by atoms with Crippen LogP contribution in [0, 0.1) is 0 Å². The van der Waals surface area contributed by atoms with Crippen LogP contribution < -0.4 is 5.32 Å². The highest BCUT2D eigenvalue weighted by molar-refractivity contribution is 7.89. The molecule has 1 aliphatic rings. The maximum Gasteiger partial charge on any atom is 0.214 e. The summed E-state index contributed by atoms with van der Waals surface area (Å²) in [4.78, 5) is 2.25. The van der Waals surface area contributed by atoms with Crippen LogP contribution in [-0.4, -0.2) is 69.2 Å². The Morgan fingerprint density at radius 1 is 1.14 bits per heavy atom. The van der Waals surface area contributed by atoms with E-state index in [-0.39, 0.29) is 6.04 Å². The maximum atomic E-state index is 12.6. The SMILES string of the molecule is CCCNCCCCS(=O)(=O)N1CCCN(C)CC1CC. The molecule has 1 saturated heterocycles. The fourth-order valence-electron chi connectivity index (χ4n) is 2.87. The molecule has 21 heavy (non-hydrogen) atoms. The van der Waals surface area contributed by atoms with Crippen molar-refractivity contribution in [3.8, 4) is 0 Å². The molecular weight excluding hydrogens is 286 g/mol. The molecule has 5 nitrogen and oxygen atoms in total. The summed E-state index contributed by atoms with van der Waals surface area (Å²) in [6.45, 7) is 8.68. The summed E-state index contributed by atoms with van der Waals surface area (Å²) in [5, 5.41) is 3.32. The summed E-state index contributed by atoms with van der Waals surface area (Å²) in [5.74, 6) is 0.293. The monoisotopic (exact) mass is 319 g/mol. The molecule has 1 aliphatic heterocycles. The molecule has 0 saturated carbocycles. The molecule has 6 heteroatoms. The van der Waals surface area contributed by atoms with Gasteiger partial charge in [-0.3, -0.25) is 0 Å². The number of rotatable bonds is 9. The molecule has 1 atom stereocenters. The van der Waals surface area contributed by atoms with E-state index in [2.05, 4.69) is 31.1 Å². The van der Waals surface area contributed by atoms with Crippen molar-refractivity contribution in [3.63, 3.8) is 0 Å². The second-order valence-corrected chi connectivity index (χ2v) is 8.10. The van der Waals surface area contributed by atoms with Gasteiger partial charge >= 0.3 is 0 Å². The van der Waals surface area contributed by atoms with Gasteiger partial charge in [-0.1, -0.05) is 13.8 Å². The maximum absolute atomic E-state index is 12.6. The van der Waals surface area contributed by atoms with Gasteiger partial charge in [0, 0.05) is 19.1 Å². The van der Waals surface area contributed by atoms with Gasteiger partial charge in [0.05, 0.1) is 5.75 Å². The third-order valence-corrected chi connectivity index (χ3v) is 6.11. The molecule has 1 fully saturated rings. The normalized spacial score (nSPS) is 22.3. The lowest BCUT2D eigenvalue weighted by Gasteiger charge is -2.29. The molecule has 1 rings (SSSR count). The number of nitrogens with zero attached hydrogens (tertiary/aromatic N) is 2. The van der Waals surface area contributed by atoms with Crippen LogP contribution in [0.5, 0.6) is 0 Å². The van der Waals surface area contributed by atoms with Gasteiger partial charge in [-0.25, -0.2) is 8.42 Å². The summed E-state index contributed by atoms with van der Waals surface area (Å²) in [7, 11) is -1.02. The molecule has 1 N–H and O–H groups in total. The van der Waals surface area contributed by atoms with E-state index in [0.29, 0.717) is 12.3 Å². The van der Waals surface area contributed by atoms with E-state index in [1.165, 1.54) is 0 Å². The van der Waals surface area contributed by atoms with Crippen molar-refractivity contribution in [3.05, 3.63) is 0 Å². The fraction of sp³-hybridized carbons (Fsp3) is 1.00. The zero-order valence-corrected chi connectivity index (χ0v) is 14.8. The second kappa shape index (κ2) is 9.77. The molecule has 1 heterocycles. The van der Waals surface area contributed by atoms with Crippen molar-refractivity contribution in [2.75, 3.05) is 45.5 Å². The molecule has 0 radical (unpaired) electrons. The van der Waals surface area contributed by atoms with Crippen molar-refractivity contribution in [1.29, 1.82) is 0 Å². The van der Waals surface area contributed by atoms with Crippen molar-refractivity contribution in [2.45, 2.75) is 52.0 Å². The standard InChI is InChI=1S/C15H33N3O2S/c1-4-9-16-10-6-7-13-21(19,20)18-12-8-11-17(3)14-15(18)5-2/h15-16H,4-14H2,1-3H3. The van der Waals surface area contributed by atoms with Gasteiger partial charge < -0.3 is 10.2 Å². The van der Waals surface area contributed by atoms with Gasteiger partial charge in [0.15, 0.2) is 0 Å². The lowest BCUT2D eigenvalue weighted by atomic mass is 10.2. The summed E-state index contributed by atoms with van der Waals surface area (Å²) in [5.41, 5.74) is 0. The van der Waals surface area contributed by atoms with Gasteiger partial charge in [-0.05, 0) is 58.8 Å².